The first kappa shape index (κ1) is 18.7. The van der Waals surface area contributed by atoms with E-state index in [1.165, 1.54) is 12.8 Å². The van der Waals surface area contributed by atoms with Crippen molar-refractivity contribution in [3.05, 3.63) is 42.2 Å². The Labute approximate surface area is 159 Å². The molecule has 7 heteroatoms. The predicted molar refractivity (Wildman–Crippen MR) is 103 cm³/mol. The lowest BCUT2D eigenvalue weighted by atomic mass is 9.90. The third-order valence-electron chi connectivity index (χ3n) is 5.01. The zero-order valence-electron chi connectivity index (χ0n) is 14.9. The van der Waals surface area contributed by atoms with Crippen molar-refractivity contribution >= 4 is 24.0 Å². The van der Waals surface area contributed by atoms with Gasteiger partial charge in [-0.25, -0.2) is 0 Å². The second-order valence-corrected chi connectivity index (χ2v) is 7.09. The molecule has 1 amide bonds. The zero-order chi connectivity index (χ0) is 17.2. The predicted octanol–water partition coefficient (Wildman–Crippen LogP) is 2.57. The van der Waals surface area contributed by atoms with Gasteiger partial charge in [0, 0.05) is 37.9 Å². The molecule has 26 heavy (non-hydrogen) atoms. The zero-order valence-corrected chi connectivity index (χ0v) is 15.7. The molecule has 1 saturated carbocycles. The fourth-order valence-electron chi connectivity index (χ4n) is 3.30. The Hall–Kier alpha value is -2.05. The smallest absolute Gasteiger partial charge is 0.229 e. The summed E-state index contributed by atoms with van der Waals surface area (Å²) in [6.07, 6.45) is 6.40. The number of benzene rings is 1. The van der Waals surface area contributed by atoms with E-state index in [-0.39, 0.29) is 30.2 Å². The number of nitrogens with one attached hydrogen (secondary N) is 2. The molecule has 1 aliphatic heterocycles. The molecule has 1 aliphatic carbocycles. The standard InChI is InChI=1S/C19H24N4O2.ClH/c1-23-11-14(8-21-23)17-9-20-10-18(17)19(24)22-15-4-6-16(7-5-15)25-12-13-2-3-13;/h4-8,11,13,17-18,20H,2-3,9-10,12H2,1H3,(H,22,24);1H/t17-,18+;/m1./s1. The quantitative estimate of drug-likeness (QED) is 0.813. The highest BCUT2D eigenvalue weighted by molar-refractivity contribution is 5.93. The van der Waals surface area contributed by atoms with Crippen molar-refractivity contribution in [2.75, 3.05) is 25.0 Å². The monoisotopic (exact) mass is 376 g/mol. The molecule has 4 rings (SSSR count). The number of aryl methyl sites for hydroxylation is 1. The fourth-order valence-corrected chi connectivity index (χ4v) is 3.30. The molecular weight excluding hydrogens is 352 g/mol. The van der Waals surface area contributed by atoms with Crippen molar-refractivity contribution in [3.8, 4) is 5.75 Å². The minimum atomic E-state index is -0.0880. The number of carbonyl (C=O) groups excluding carboxylic acids is 1. The molecular formula is C19H25ClN4O2. The molecule has 2 aliphatic rings. The van der Waals surface area contributed by atoms with Crippen molar-refractivity contribution < 1.29 is 9.53 Å². The largest absolute Gasteiger partial charge is 0.493 e. The molecule has 0 radical (unpaired) electrons. The Balaban J connectivity index is 0.00000196. The third kappa shape index (κ3) is 4.37. The Morgan fingerprint density at radius 1 is 1.31 bits per heavy atom. The first-order valence-corrected chi connectivity index (χ1v) is 8.92. The first-order chi connectivity index (χ1) is 12.2. The van der Waals surface area contributed by atoms with Gasteiger partial charge in [-0.05, 0) is 48.6 Å². The second-order valence-electron chi connectivity index (χ2n) is 7.09. The van der Waals surface area contributed by atoms with E-state index in [9.17, 15) is 4.79 Å². The SMILES string of the molecule is Cl.Cn1cc([C@H]2CNC[C@@H]2C(=O)Nc2ccc(OCC3CC3)cc2)cn1. The normalized spacial score (nSPS) is 21.9. The third-order valence-corrected chi connectivity index (χ3v) is 5.01. The molecule has 0 unspecified atom stereocenters. The minimum Gasteiger partial charge on any atom is -0.493 e. The lowest BCUT2D eigenvalue weighted by molar-refractivity contribution is -0.119. The summed E-state index contributed by atoms with van der Waals surface area (Å²) in [5, 5.41) is 10.6. The molecule has 2 N–H and O–H groups in total. The fraction of sp³-hybridized carbons (Fsp3) is 0.474. The lowest BCUT2D eigenvalue weighted by Crippen LogP contribution is -2.28. The van der Waals surface area contributed by atoms with Gasteiger partial charge in [-0.1, -0.05) is 0 Å². The molecule has 1 saturated heterocycles. The number of anilines is 1. The average Bonchev–Trinajstić information content (AvgIpc) is 3.13. The van der Waals surface area contributed by atoms with Gasteiger partial charge in [0.25, 0.3) is 0 Å². The number of ether oxygens (including phenoxy) is 1. The molecule has 2 atom stereocenters. The van der Waals surface area contributed by atoms with Crippen molar-refractivity contribution in [1.82, 2.24) is 15.1 Å². The highest BCUT2D eigenvalue weighted by Gasteiger charge is 2.34. The van der Waals surface area contributed by atoms with Crippen LogP contribution in [-0.4, -0.2) is 35.4 Å². The molecule has 1 aromatic heterocycles. The molecule has 2 aromatic rings. The van der Waals surface area contributed by atoms with Gasteiger partial charge in [0.05, 0.1) is 18.7 Å². The van der Waals surface area contributed by atoms with Crippen molar-refractivity contribution in [2.45, 2.75) is 18.8 Å². The van der Waals surface area contributed by atoms with E-state index in [0.717, 1.165) is 36.1 Å². The molecule has 2 heterocycles. The van der Waals surface area contributed by atoms with Crippen molar-refractivity contribution in [2.24, 2.45) is 18.9 Å². The van der Waals surface area contributed by atoms with E-state index in [2.05, 4.69) is 15.7 Å². The van der Waals surface area contributed by atoms with Gasteiger partial charge in [-0.2, -0.15) is 5.10 Å². The van der Waals surface area contributed by atoms with E-state index in [1.54, 1.807) is 4.68 Å². The summed E-state index contributed by atoms with van der Waals surface area (Å²) < 4.78 is 7.52. The van der Waals surface area contributed by atoms with Gasteiger partial charge in [0.1, 0.15) is 5.75 Å². The number of hydrogen-bond acceptors (Lipinski definition) is 4. The van der Waals surface area contributed by atoms with Crippen LogP contribution < -0.4 is 15.4 Å². The molecule has 0 spiro atoms. The van der Waals surface area contributed by atoms with Crippen LogP contribution in [0.3, 0.4) is 0 Å². The van der Waals surface area contributed by atoms with Gasteiger partial charge in [0.15, 0.2) is 0 Å². The number of halogens is 1. The Bertz CT molecular complexity index is 742. The summed E-state index contributed by atoms with van der Waals surface area (Å²) in [6, 6.07) is 7.65. The Morgan fingerprint density at radius 3 is 2.73 bits per heavy atom. The van der Waals surface area contributed by atoms with Crippen LogP contribution in [0.25, 0.3) is 0 Å². The summed E-state index contributed by atoms with van der Waals surface area (Å²) in [5.74, 6) is 1.72. The van der Waals surface area contributed by atoms with Gasteiger partial charge in [-0.15, -0.1) is 12.4 Å². The van der Waals surface area contributed by atoms with Gasteiger partial charge in [-0.3, -0.25) is 9.48 Å². The molecule has 2 fully saturated rings. The van der Waals surface area contributed by atoms with E-state index in [0.29, 0.717) is 6.54 Å². The molecule has 6 nitrogen and oxygen atoms in total. The number of amides is 1. The summed E-state index contributed by atoms with van der Waals surface area (Å²) in [5.41, 5.74) is 1.91. The maximum atomic E-state index is 12.7. The van der Waals surface area contributed by atoms with E-state index in [4.69, 9.17) is 4.74 Å². The van der Waals surface area contributed by atoms with Crippen LogP contribution in [-0.2, 0) is 11.8 Å². The number of aromatic nitrogens is 2. The number of rotatable bonds is 6. The van der Waals surface area contributed by atoms with Crippen LogP contribution in [0.15, 0.2) is 36.7 Å². The highest BCUT2D eigenvalue weighted by Crippen LogP contribution is 2.30. The van der Waals surface area contributed by atoms with E-state index < -0.39 is 0 Å². The highest BCUT2D eigenvalue weighted by atomic mass is 35.5. The topological polar surface area (TPSA) is 68.2 Å². The van der Waals surface area contributed by atoms with E-state index in [1.807, 2.05) is 43.7 Å². The van der Waals surface area contributed by atoms with Crippen LogP contribution in [0, 0.1) is 11.8 Å². The van der Waals surface area contributed by atoms with Crippen LogP contribution in [0.1, 0.15) is 24.3 Å². The second kappa shape index (κ2) is 8.10. The number of hydrogen-bond donors (Lipinski definition) is 2. The van der Waals surface area contributed by atoms with Crippen molar-refractivity contribution in [1.29, 1.82) is 0 Å². The van der Waals surface area contributed by atoms with Crippen LogP contribution in [0.4, 0.5) is 5.69 Å². The molecule has 0 bridgehead atoms. The first-order valence-electron chi connectivity index (χ1n) is 8.92. The Kier molecular flexibility index (Phi) is 5.84. The summed E-state index contributed by atoms with van der Waals surface area (Å²) in [7, 11) is 1.90. The van der Waals surface area contributed by atoms with Gasteiger partial charge >= 0.3 is 0 Å². The summed E-state index contributed by atoms with van der Waals surface area (Å²) in [6.45, 7) is 2.29. The van der Waals surface area contributed by atoms with Gasteiger partial charge < -0.3 is 15.4 Å². The van der Waals surface area contributed by atoms with Crippen LogP contribution in [0.5, 0.6) is 5.75 Å². The maximum absolute atomic E-state index is 12.7. The van der Waals surface area contributed by atoms with Crippen molar-refractivity contribution in [3.63, 3.8) is 0 Å². The summed E-state index contributed by atoms with van der Waals surface area (Å²) >= 11 is 0. The lowest BCUT2D eigenvalue weighted by Gasteiger charge is -2.17. The molecule has 1 aromatic carbocycles. The van der Waals surface area contributed by atoms with Crippen LogP contribution in [0.2, 0.25) is 0 Å². The number of nitrogens with zero attached hydrogens (tertiary/aromatic N) is 2. The summed E-state index contributed by atoms with van der Waals surface area (Å²) in [4.78, 5) is 12.7. The van der Waals surface area contributed by atoms with Gasteiger partial charge in [0.2, 0.25) is 5.91 Å². The Morgan fingerprint density at radius 2 is 2.08 bits per heavy atom. The number of carbonyl (C=O) groups is 1. The van der Waals surface area contributed by atoms with Crippen LogP contribution >= 0.6 is 12.4 Å². The average molecular weight is 377 g/mol. The maximum Gasteiger partial charge on any atom is 0.229 e. The molecule has 140 valence electrons. The minimum absolute atomic E-state index is 0. The van der Waals surface area contributed by atoms with E-state index >= 15 is 0 Å².